The normalized spacial score (nSPS) is 20.8. The van der Waals surface area contributed by atoms with E-state index in [2.05, 4.69) is 36.5 Å². The van der Waals surface area contributed by atoms with E-state index in [9.17, 15) is 8.42 Å². The van der Waals surface area contributed by atoms with Crippen molar-refractivity contribution in [2.45, 2.75) is 26.2 Å². The van der Waals surface area contributed by atoms with Gasteiger partial charge in [-0.15, -0.1) is 0 Å². The van der Waals surface area contributed by atoms with Crippen LogP contribution < -0.4 is 5.32 Å². The van der Waals surface area contributed by atoms with E-state index in [1.807, 2.05) is 0 Å². The number of nitrogens with zero attached hydrogens (tertiary/aromatic N) is 1. The molecule has 1 atom stereocenters. The number of sulfonamides is 1. The summed E-state index contributed by atoms with van der Waals surface area (Å²) in [4.78, 5) is 0. The molecule has 20 heavy (non-hydrogen) atoms. The maximum atomic E-state index is 11.6. The Labute approximate surface area is 122 Å². The fourth-order valence-corrected chi connectivity index (χ4v) is 3.60. The summed E-state index contributed by atoms with van der Waals surface area (Å²) in [7, 11) is -3.05. The number of benzene rings is 1. The van der Waals surface area contributed by atoms with E-state index in [1.165, 1.54) is 11.8 Å². The minimum absolute atomic E-state index is 0.392. The summed E-state index contributed by atoms with van der Waals surface area (Å²) < 4.78 is 24.8. The van der Waals surface area contributed by atoms with Gasteiger partial charge in [0.2, 0.25) is 10.0 Å². The Hall–Kier alpha value is -1.07. The first-order chi connectivity index (χ1) is 9.49. The van der Waals surface area contributed by atoms with Gasteiger partial charge in [-0.05, 0) is 42.9 Å². The highest BCUT2D eigenvalue weighted by Crippen LogP contribution is 2.20. The molecule has 1 fully saturated rings. The van der Waals surface area contributed by atoms with E-state index in [1.54, 1.807) is 4.31 Å². The summed E-state index contributed by atoms with van der Waals surface area (Å²) in [5, 5.41) is 3.44. The highest BCUT2D eigenvalue weighted by molar-refractivity contribution is 7.88. The lowest BCUT2D eigenvalue weighted by Crippen LogP contribution is -2.41. The van der Waals surface area contributed by atoms with Crippen molar-refractivity contribution in [1.82, 2.24) is 4.31 Å². The van der Waals surface area contributed by atoms with Gasteiger partial charge in [0, 0.05) is 25.3 Å². The lowest BCUT2D eigenvalue weighted by molar-refractivity contribution is 0.277. The van der Waals surface area contributed by atoms with Crippen LogP contribution in [0.5, 0.6) is 0 Å². The van der Waals surface area contributed by atoms with E-state index in [-0.39, 0.29) is 0 Å². The van der Waals surface area contributed by atoms with Crippen LogP contribution in [0.25, 0.3) is 0 Å². The first-order valence-electron chi connectivity index (χ1n) is 7.27. The second-order valence-electron chi connectivity index (χ2n) is 5.56. The molecule has 1 unspecified atom stereocenters. The maximum absolute atomic E-state index is 11.6. The van der Waals surface area contributed by atoms with Gasteiger partial charge < -0.3 is 5.32 Å². The van der Waals surface area contributed by atoms with Crippen molar-refractivity contribution in [3.8, 4) is 0 Å². The van der Waals surface area contributed by atoms with Crippen LogP contribution in [0.3, 0.4) is 0 Å². The van der Waals surface area contributed by atoms with E-state index in [4.69, 9.17) is 0 Å². The SMILES string of the molecule is CCc1cccc(NCC2CCCN(S(C)(=O)=O)C2)c1. The van der Waals surface area contributed by atoms with Crippen LogP contribution in [-0.2, 0) is 16.4 Å². The highest BCUT2D eigenvalue weighted by atomic mass is 32.2. The molecule has 0 radical (unpaired) electrons. The second-order valence-corrected chi connectivity index (χ2v) is 7.55. The first-order valence-corrected chi connectivity index (χ1v) is 9.12. The molecule has 0 amide bonds. The van der Waals surface area contributed by atoms with Crippen molar-refractivity contribution >= 4 is 15.7 Å². The van der Waals surface area contributed by atoms with Gasteiger partial charge >= 0.3 is 0 Å². The molecular formula is C15H24N2O2S. The Bertz CT molecular complexity index is 543. The fraction of sp³-hybridized carbons (Fsp3) is 0.600. The second kappa shape index (κ2) is 6.59. The molecule has 0 aliphatic carbocycles. The average Bonchev–Trinajstić information content (AvgIpc) is 2.45. The van der Waals surface area contributed by atoms with Gasteiger partial charge in [-0.25, -0.2) is 12.7 Å². The fourth-order valence-electron chi connectivity index (χ4n) is 2.66. The minimum atomic E-state index is -3.05. The van der Waals surface area contributed by atoms with Crippen LogP contribution in [0.2, 0.25) is 0 Å². The molecule has 5 heteroatoms. The van der Waals surface area contributed by atoms with E-state index in [0.717, 1.165) is 31.5 Å². The summed E-state index contributed by atoms with van der Waals surface area (Å²) in [6.45, 7) is 4.28. The molecule has 112 valence electrons. The first kappa shape index (κ1) is 15.3. The van der Waals surface area contributed by atoms with Gasteiger partial charge in [0.1, 0.15) is 0 Å². The van der Waals surface area contributed by atoms with Crippen molar-refractivity contribution < 1.29 is 8.42 Å². The smallest absolute Gasteiger partial charge is 0.211 e. The average molecular weight is 296 g/mol. The molecule has 1 aliphatic heterocycles. The molecular weight excluding hydrogens is 272 g/mol. The van der Waals surface area contributed by atoms with Crippen molar-refractivity contribution in [2.24, 2.45) is 5.92 Å². The van der Waals surface area contributed by atoms with Crippen molar-refractivity contribution in [2.75, 3.05) is 31.2 Å². The Morgan fingerprint density at radius 3 is 2.90 bits per heavy atom. The summed E-state index contributed by atoms with van der Waals surface area (Å²) >= 11 is 0. The molecule has 1 N–H and O–H groups in total. The molecule has 1 aliphatic rings. The quantitative estimate of drug-likeness (QED) is 0.907. The number of piperidine rings is 1. The van der Waals surface area contributed by atoms with E-state index >= 15 is 0 Å². The molecule has 1 heterocycles. The number of rotatable bonds is 5. The zero-order valence-electron chi connectivity index (χ0n) is 12.3. The molecule has 2 rings (SSSR count). The lowest BCUT2D eigenvalue weighted by Gasteiger charge is -2.31. The van der Waals surface area contributed by atoms with Crippen LogP contribution in [0.1, 0.15) is 25.3 Å². The number of nitrogens with one attached hydrogen (secondary N) is 1. The number of aryl methyl sites for hydroxylation is 1. The highest BCUT2D eigenvalue weighted by Gasteiger charge is 2.25. The Balaban J connectivity index is 1.90. The molecule has 0 bridgehead atoms. The van der Waals surface area contributed by atoms with Gasteiger partial charge in [0.05, 0.1) is 6.26 Å². The standard InChI is InChI=1S/C15H24N2O2S/c1-3-13-6-4-8-15(10-13)16-11-14-7-5-9-17(12-14)20(2,18)19/h4,6,8,10,14,16H,3,5,7,9,11-12H2,1-2H3. The number of hydrogen-bond donors (Lipinski definition) is 1. The zero-order valence-corrected chi connectivity index (χ0v) is 13.1. The molecule has 4 nitrogen and oxygen atoms in total. The third-order valence-electron chi connectivity index (χ3n) is 3.88. The third-order valence-corrected chi connectivity index (χ3v) is 5.15. The molecule has 0 aromatic heterocycles. The topological polar surface area (TPSA) is 49.4 Å². The summed E-state index contributed by atoms with van der Waals surface area (Å²) in [5.74, 6) is 0.392. The van der Waals surface area contributed by atoms with Crippen molar-refractivity contribution in [3.63, 3.8) is 0 Å². The Morgan fingerprint density at radius 2 is 2.20 bits per heavy atom. The summed E-state index contributed by atoms with van der Waals surface area (Å²) in [5.41, 5.74) is 2.44. The summed E-state index contributed by atoms with van der Waals surface area (Å²) in [6, 6.07) is 8.41. The van der Waals surface area contributed by atoms with Crippen molar-refractivity contribution in [3.05, 3.63) is 29.8 Å². The van der Waals surface area contributed by atoms with Gasteiger partial charge in [0.25, 0.3) is 0 Å². The Morgan fingerprint density at radius 1 is 1.40 bits per heavy atom. The minimum Gasteiger partial charge on any atom is -0.385 e. The van der Waals surface area contributed by atoms with E-state index < -0.39 is 10.0 Å². The van der Waals surface area contributed by atoms with Gasteiger partial charge in [-0.3, -0.25) is 0 Å². The lowest BCUT2D eigenvalue weighted by atomic mass is 9.99. The Kier molecular flexibility index (Phi) is 5.05. The number of hydrogen-bond acceptors (Lipinski definition) is 3. The summed E-state index contributed by atoms with van der Waals surface area (Å²) in [6.07, 6.45) is 4.37. The van der Waals surface area contributed by atoms with Gasteiger partial charge in [-0.2, -0.15) is 0 Å². The van der Waals surface area contributed by atoms with Crippen molar-refractivity contribution in [1.29, 1.82) is 0 Å². The third kappa shape index (κ3) is 4.21. The van der Waals surface area contributed by atoms with Crippen LogP contribution in [-0.4, -0.2) is 38.6 Å². The molecule has 1 aromatic rings. The molecule has 1 aromatic carbocycles. The predicted molar refractivity (Wildman–Crippen MR) is 83.5 cm³/mol. The van der Waals surface area contributed by atoms with Gasteiger partial charge in [0.15, 0.2) is 0 Å². The monoisotopic (exact) mass is 296 g/mol. The largest absolute Gasteiger partial charge is 0.385 e. The zero-order chi connectivity index (χ0) is 14.6. The number of anilines is 1. The van der Waals surface area contributed by atoms with Gasteiger partial charge in [-0.1, -0.05) is 19.1 Å². The molecule has 0 spiro atoms. The van der Waals surface area contributed by atoms with E-state index in [0.29, 0.717) is 19.0 Å². The predicted octanol–water partition coefficient (Wildman–Crippen LogP) is 2.33. The van der Waals surface area contributed by atoms with Crippen LogP contribution in [0.15, 0.2) is 24.3 Å². The van der Waals surface area contributed by atoms with Crippen LogP contribution >= 0.6 is 0 Å². The molecule has 0 saturated carbocycles. The van der Waals surface area contributed by atoms with Crippen LogP contribution in [0, 0.1) is 5.92 Å². The van der Waals surface area contributed by atoms with Crippen LogP contribution in [0.4, 0.5) is 5.69 Å². The molecule has 1 saturated heterocycles. The maximum Gasteiger partial charge on any atom is 0.211 e.